The Labute approximate surface area is 191 Å². The van der Waals surface area contributed by atoms with Gasteiger partial charge >= 0.3 is 6.18 Å². The molecular weight excluding hydrogens is 452 g/mol. The van der Waals surface area contributed by atoms with Crippen molar-refractivity contribution in [2.24, 2.45) is 0 Å². The lowest BCUT2D eigenvalue weighted by Gasteiger charge is -2.21. The van der Waals surface area contributed by atoms with Crippen LogP contribution in [0.25, 0.3) is 10.9 Å². The third-order valence-corrected chi connectivity index (χ3v) is 6.38. The van der Waals surface area contributed by atoms with Crippen molar-refractivity contribution in [1.29, 1.82) is 0 Å². The van der Waals surface area contributed by atoms with Gasteiger partial charge in [0.05, 0.1) is 40.8 Å². The number of alkyl halides is 3. The number of anilines is 2. The minimum absolute atomic E-state index is 0.109. The summed E-state index contributed by atoms with van der Waals surface area (Å²) in [5.74, 6) is 0.998. The molecule has 1 aromatic heterocycles. The SMILES string of the molecule is Cc1nc(N[C@H](C)c2cccc(C(F)(F)F)c2C)c2cc(N[C@H]3CCOC3)c(P=O)cc2n1. The fourth-order valence-corrected chi connectivity index (χ4v) is 4.57. The van der Waals surface area contributed by atoms with E-state index < -0.39 is 17.8 Å². The van der Waals surface area contributed by atoms with Gasteiger partial charge in [-0.15, -0.1) is 0 Å². The molecular formula is C23H24F3N4O2P. The summed E-state index contributed by atoms with van der Waals surface area (Å²) in [5, 5.41) is 7.90. The Kier molecular flexibility index (Phi) is 6.54. The highest BCUT2D eigenvalue weighted by atomic mass is 31.1. The highest BCUT2D eigenvalue weighted by Gasteiger charge is 2.33. The molecule has 2 heterocycles. The van der Waals surface area contributed by atoms with Gasteiger partial charge in [-0.2, -0.15) is 13.2 Å². The highest BCUT2D eigenvalue weighted by molar-refractivity contribution is 7.34. The predicted molar refractivity (Wildman–Crippen MR) is 123 cm³/mol. The summed E-state index contributed by atoms with van der Waals surface area (Å²) in [5.41, 5.74) is 1.35. The number of hydrogen-bond donors (Lipinski definition) is 2. The van der Waals surface area contributed by atoms with Crippen LogP contribution in [-0.2, 0) is 15.5 Å². The first kappa shape index (κ1) is 23.4. The molecule has 0 radical (unpaired) electrons. The van der Waals surface area contributed by atoms with Crippen molar-refractivity contribution in [2.75, 3.05) is 23.8 Å². The number of nitrogens with one attached hydrogen (secondary N) is 2. The van der Waals surface area contributed by atoms with Gasteiger partial charge in [0.25, 0.3) is 0 Å². The molecule has 1 saturated heterocycles. The molecule has 0 saturated carbocycles. The third kappa shape index (κ3) is 4.94. The molecule has 33 heavy (non-hydrogen) atoms. The number of ether oxygens (including phenoxy) is 1. The van der Waals surface area contributed by atoms with E-state index in [0.717, 1.165) is 12.5 Å². The lowest BCUT2D eigenvalue weighted by Crippen LogP contribution is -2.22. The Morgan fingerprint density at radius 1 is 1.21 bits per heavy atom. The van der Waals surface area contributed by atoms with Crippen molar-refractivity contribution in [3.63, 3.8) is 0 Å². The van der Waals surface area contributed by atoms with Gasteiger partial charge in [-0.3, -0.25) is 4.57 Å². The summed E-state index contributed by atoms with van der Waals surface area (Å²) in [6.45, 7) is 6.24. The summed E-state index contributed by atoms with van der Waals surface area (Å²) < 4.78 is 57.4. The molecule has 2 N–H and O–H groups in total. The third-order valence-electron chi connectivity index (χ3n) is 5.81. The van der Waals surface area contributed by atoms with Crippen LogP contribution >= 0.6 is 8.46 Å². The van der Waals surface area contributed by atoms with Crippen LogP contribution in [0.3, 0.4) is 0 Å². The van der Waals surface area contributed by atoms with Gasteiger partial charge in [-0.25, -0.2) is 9.97 Å². The summed E-state index contributed by atoms with van der Waals surface area (Å²) >= 11 is 0. The van der Waals surface area contributed by atoms with Crippen LogP contribution < -0.4 is 15.9 Å². The van der Waals surface area contributed by atoms with Gasteiger partial charge in [-0.1, -0.05) is 12.1 Å². The van der Waals surface area contributed by atoms with Crippen LogP contribution in [0, 0.1) is 13.8 Å². The monoisotopic (exact) mass is 476 g/mol. The fourth-order valence-electron chi connectivity index (χ4n) is 4.16. The van der Waals surface area contributed by atoms with Gasteiger partial charge < -0.3 is 15.4 Å². The van der Waals surface area contributed by atoms with Crippen molar-refractivity contribution in [3.8, 4) is 0 Å². The van der Waals surface area contributed by atoms with Gasteiger partial charge in [0.2, 0.25) is 0 Å². The highest BCUT2D eigenvalue weighted by Crippen LogP contribution is 2.36. The first-order valence-electron chi connectivity index (χ1n) is 10.6. The lowest BCUT2D eigenvalue weighted by molar-refractivity contribution is -0.138. The molecule has 2 atom stereocenters. The Morgan fingerprint density at radius 3 is 2.67 bits per heavy atom. The zero-order valence-electron chi connectivity index (χ0n) is 18.5. The second-order valence-electron chi connectivity index (χ2n) is 8.19. The number of nitrogens with zero attached hydrogens (tertiary/aromatic N) is 2. The molecule has 1 fully saturated rings. The van der Waals surface area contributed by atoms with E-state index in [1.165, 1.54) is 13.0 Å². The average molecular weight is 476 g/mol. The van der Waals surface area contributed by atoms with E-state index in [1.807, 2.05) is 6.07 Å². The van der Waals surface area contributed by atoms with E-state index in [-0.39, 0.29) is 20.1 Å². The first-order valence-corrected chi connectivity index (χ1v) is 11.4. The average Bonchev–Trinajstić information content (AvgIpc) is 3.26. The zero-order valence-corrected chi connectivity index (χ0v) is 19.3. The van der Waals surface area contributed by atoms with E-state index in [1.54, 1.807) is 26.0 Å². The maximum Gasteiger partial charge on any atom is 0.416 e. The fraction of sp³-hybridized carbons (Fsp3) is 0.391. The molecule has 3 aromatic rings. The van der Waals surface area contributed by atoms with Crippen molar-refractivity contribution >= 4 is 36.2 Å². The maximum atomic E-state index is 13.4. The van der Waals surface area contributed by atoms with E-state index in [9.17, 15) is 17.7 Å². The van der Waals surface area contributed by atoms with Crippen molar-refractivity contribution in [1.82, 2.24) is 9.97 Å². The number of fused-ring (bicyclic) bond motifs is 1. The molecule has 10 heteroatoms. The molecule has 4 rings (SSSR count). The topological polar surface area (TPSA) is 76.1 Å². The lowest BCUT2D eigenvalue weighted by atomic mass is 9.97. The quantitative estimate of drug-likeness (QED) is 0.454. The van der Waals surface area contributed by atoms with Crippen LogP contribution in [0.4, 0.5) is 24.7 Å². The Balaban J connectivity index is 1.73. The van der Waals surface area contributed by atoms with Crippen molar-refractivity contribution < 1.29 is 22.5 Å². The smallest absolute Gasteiger partial charge is 0.379 e. The summed E-state index contributed by atoms with van der Waals surface area (Å²) in [6.07, 6.45) is -3.58. The van der Waals surface area contributed by atoms with Crippen molar-refractivity contribution in [2.45, 2.75) is 45.5 Å². The summed E-state index contributed by atoms with van der Waals surface area (Å²) in [4.78, 5) is 8.98. The van der Waals surface area contributed by atoms with Gasteiger partial charge in [0, 0.05) is 12.0 Å². The minimum atomic E-state index is -4.42. The predicted octanol–water partition coefficient (Wildman–Crippen LogP) is 5.56. The normalized spacial score (nSPS) is 17.5. The van der Waals surface area contributed by atoms with Crippen LogP contribution in [0.15, 0.2) is 30.3 Å². The zero-order chi connectivity index (χ0) is 23.8. The molecule has 0 amide bonds. The Hall–Kier alpha value is -2.77. The van der Waals surface area contributed by atoms with Crippen LogP contribution in [0.5, 0.6) is 0 Å². The standard InChI is InChI=1S/C23H24F3N4O2P/c1-12-16(5-4-6-18(12)23(24,25)26)13(2)27-22-17-9-20(30-15-7-8-32-11-15)21(33-31)10-19(17)28-14(3)29-22/h4-6,9-10,13,15,30H,7-8,11H2,1-3H3,(H,27,28,29)/t13-,15+/m1/s1. The van der Waals surface area contributed by atoms with Crippen LogP contribution in [0.2, 0.25) is 0 Å². The molecule has 1 aliphatic heterocycles. The molecule has 0 aliphatic carbocycles. The summed E-state index contributed by atoms with van der Waals surface area (Å²) in [6, 6.07) is 7.42. The molecule has 0 spiro atoms. The molecule has 174 valence electrons. The number of hydrogen-bond acceptors (Lipinski definition) is 6. The Morgan fingerprint density at radius 2 is 2.00 bits per heavy atom. The van der Waals surface area contributed by atoms with E-state index >= 15 is 0 Å². The van der Waals surface area contributed by atoms with Gasteiger partial charge in [0.15, 0.2) is 8.46 Å². The molecule has 1 aliphatic rings. The molecule has 2 aromatic carbocycles. The number of halogens is 3. The Bertz CT molecular complexity index is 1200. The number of rotatable bonds is 6. The second-order valence-corrected chi connectivity index (χ2v) is 8.85. The molecule has 6 nitrogen and oxygen atoms in total. The molecule has 0 unspecified atom stereocenters. The van der Waals surface area contributed by atoms with E-state index in [2.05, 4.69) is 20.6 Å². The van der Waals surface area contributed by atoms with E-state index in [0.29, 0.717) is 52.3 Å². The van der Waals surface area contributed by atoms with Crippen LogP contribution in [0.1, 0.15) is 41.9 Å². The van der Waals surface area contributed by atoms with Crippen LogP contribution in [-0.4, -0.2) is 29.2 Å². The van der Waals surface area contributed by atoms with Crippen molar-refractivity contribution in [3.05, 3.63) is 52.8 Å². The number of benzene rings is 2. The minimum Gasteiger partial charge on any atom is -0.379 e. The largest absolute Gasteiger partial charge is 0.416 e. The summed E-state index contributed by atoms with van der Waals surface area (Å²) in [7, 11) is -0.143. The van der Waals surface area contributed by atoms with E-state index in [4.69, 9.17) is 4.74 Å². The van der Waals surface area contributed by atoms with Gasteiger partial charge in [0.1, 0.15) is 11.6 Å². The maximum absolute atomic E-state index is 13.4. The second kappa shape index (κ2) is 9.23. The number of aromatic nitrogens is 2. The number of aryl methyl sites for hydroxylation is 1. The van der Waals surface area contributed by atoms with Gasteiger partial charge in [-0.05, 0) is 56.5 Å². The first-order chi connectivity index (χ1) is 15.7. The molecule has 0 bridgehead atoms.